The minimum Gasteiger partial charge on any atom is -0.478 e. The second-order valence-electron chi connectivity index (χ2n) is 4.60. The van der Waals surface area contributed by atoms with Crippen LogP contribution in [0.5, 0.6) is 0 Å². The van der Waals surface area contributed by atoms with Gasteiger partial charge in [0, 0.05) is 10.2 Å². The molecule has 0 saturated carbocycles. The highest BCUT2D eigenvalue weighted by molar-refractivity contribution is 9.10. The van der Waals surface area contributed by atoms with Crippen molar-refractivity contribution in [1.29, 1.82) is 0 Å². The lowest BCUT2D eigenvalue weighted by molar-refractivity contribution is 0.0696. The van der Waals surface area contributed by atoms with Crippen LogP contribution < -0.4 is 4.72 Å². The monoisotopic (exact) mass is 349 g/mol. The second kappa shape index (κ2) is 6.38. The Hall–Kier alpha value is -1.08. The van der Waals surface area contributed by atoms with E-state index in [0.29, 0.717) is 10.9 Å². The zero-order chi connectivity index (χ0) is 14.6. The van der Waals surface area contributed by atoms with Gasteiger partial charge in [0.25, 0.3) is 0 Å². The Bertz CT molecular complexity index is 569. The Morgan fingerprint density at radius 3 is 2.58 bits per heavy atom. The molecule has 0 atom stereocenters. The lowest BCUT2D eigenvalue weighted by Gasteiger charge is -2.10. The molecule has 0 bridgehead atoms. The number of hydrogen-bond donors (Lipinski definition) is 2. The number of carboxylic acid groups (broad SMARTS) is 1. The van der Waals surface area contributed by atoms with E-state index in [2.05, 4.69) is 20.7 Å². The summed E-state index contributed by atoms with van der Waals surface area (Å²) in [6, 6.07) is 4.31. The summed E-state index contributed by atoms with van der Waals surface area (Å²) in [4.78, 5) is 10.9. The molecular formula is C12H16BrNO4S. The molecular weight excluding hydrogens is 334 g/mol. The van der Waals surface area contributed by atoms with Gasteiger partial charge in [-0.05, 0) is 46.5 Å². The van der Waals surface area contributed by atoms with E-state index >= 15 is 0 Å². The van der Waals surface area contributed by atoms with Crippen LogP contribution in [0.3, 0.4) is 0 Å². The molecule has 0 aliphatic rings. The van der Waals surface area contributed by atoms with E-state index in [0.717, 1.165) is 0 Å². The van der Waals surface area contributed by atoms with Gasteiger partial charge in [-0.25, -0.2) is 13.2 Å². The van der Waals surface area contributed by atoms with Crippen LogP contribution in [-0.4, -0.2) is 25.2 Å². The normalized spacial score (nSPS) is 11.6. The van der Waals surface area contributed by atoms with Gasteiger partial charge in [-0.2, -0.15) is 0 Å². The zero-order valence-electron chi connectivity index (χ0n) is 10.7. The van der Waals surface area contributed by atoms with E-state index < -0.39 is 16.0 Å². The van der Waals surface area contributed by atoms with E-state index in [1.54, 1.807) is 0 Å². The lowest BCUT2D eigenvalue weighted by atomic mass is 10.2. The molecule has 0 amide bonds. The van der Waals surface area contributed by atoms with Gasteiger partial charge in [-0.15, -0.1) is 0 Å². The Kier molecular flexibility index (Phi) is 5.37. The average Bonchev–Trinajstić information content (AvgIpc) is 2.28. The first-order chi connectivity index (χ1) is 8.71. The van der Waals surface area contributed by atoms with Crippen LogP contribution in [0.4, 0.5) is 5.69 Å². The molecule has 1 rings (SSSR count). The molecule has 7 heteroatoms. The van der Waals surface area contributed by atoms with Crippen LogP contribution in [0.1, 0.15) is 30.6 Å². The molecule has 0 aromatic heterocycles. The maximum absolute atomic E-state index is 11.8. The summed E-state index contributed by atoms with van der Waals surface area (Å²) in [6.45, 7) is 3.88. The van der Waals surface area contributed by atoms with Crippen LogP contribution in [0.15, 0.2) is 22.7 Å². The van der Waals surface area contributed by atoms with Crippen LogP contribution in [0, 0.1) is 5.92 Å². The molecule has 0 aliphatic carbocycles. The maximum Gasteiger partial charge on any atom is 0.336 e. The Morgan fingerprint density at radius 2 is 2.05 bits per heavy atom. The lowest BCUT2D eigenvalue weighted by Crippen LogP contribution is -2.18. The van der Waals surface area contributed by atoms with E-state index in [1.165, 1.54) is 18.2 Å². The zero-order valence-corrected chi connectivity index (χ0v) is 13.1. The number of sulfonamides is 1. The summed E-state index contributed by atoms with van der Waals surface area (Å²) in [7, 11) is -3.44. The van der Waals surface area contributed by atoms with Gasteiger partial charge >= 0.3 is 5.97 Å². The van der Waals surface area contributed by atoms with Gasteiger partial charge < -0.3 is 5.11 Å². The van der Waals surface area contributed by atoms with Gasteiger partial charge in [-0.3, -0.25) is 4.72 Å². The number of halogens is 1. The van der Waals surface area contributed by atoms with Crippen LogP contribution in [-0.2, 0) is 10.0 Å². The highest BCUT2D eigenvalue weighted by atomic mass is 79.9. The fourth-order valence-corrected chi connectivity index (χ4v) is 3.16. The van der Waals surface area contributed by atoms with Gasteiger partial charge in [0.2, 0.25) is 10.0 Å². The van der Waals surface area contributed by atoms with Crippen molar-refractivity contribution in [3.63, 3.8) is 0 Å². The predicted octanol–water partition coefficient (Wildman–Crippen LogP) is 2.94. The van der Waals surface area contributed by atoms with E-state index in [-0.39, 0.29) is 22.9 Å². The number of nitrogens with one attached hydrogen (secondary N) is 1. The molecule has 0 heterocycles. The molecule has 0 spiro atoms. The summed E-state index contributed by atoms with van der Waals surface area (Å²) < 4.78 is 26.4. The van der Waals surface area contributed by atoms with Gasteiger partial charge in [0.1, 0.15) is 0 Å². The largest absolute Gasteiger partial charge is 0.478 e. The van der Waals surface area contributed by atoms with Gasteiger partial charge in [0.05, 0.1) is 11.3 Å². The molecule has 2 N–H and O–H groups in total. The molecule has 1 aromatic carbocycles. The quantitative estimate of drug-likeness (QED) is 0.826. The summed E-state index contributed by atoms with van der Waals surface area (Å²) in [6.07, 6.45) is 0.553. The fourth-order valence-electron chi connectivity index (χ4n) is 1.37. The third-order valence-electron chi connectivity index (χ3n) is 2.43. The first kappa shape index (κ1) is 16.0. The molecule has 106 valence electrons. The number of hydrogen-bond acceptors (Lipinski definition) is 3. The third-order valence-corrected chi connectivity index (χ3v) is 4.45. The number of benzene rings is 1. The van der Waals surface area contributed by atoms with Gasteiger partial charge in [0.15, 0.2) is 0 Å². The molecule has 1 aromatic rings. The van der Waals surface area contributed by atoms with Crippen molar-refractivity contribution < 1.29 is 18.3 Å². The summed E-state index contributed by atoms with van der Waals surface area (Å²) in [5.74, 6) is -0.811. The second-order valence-corrected chi connectivity index (χ2v) is 7.30. The molecule has 0 aliphatic heterocycles. The van der Waals surface area contributed by atoms with Gasteiger partial charge in [-0.1, -0.05) is 13.8 Å². The first-order valence-electron chi connectivity index (χ1n) is 5.74. The molecule has 0 saturated heterocycles. The maximum atomic E-state index is 11.8. The van der Waals surface area contributed by atoms with Crippen molar-refractivity contribution in [2.24, 2.45) is 5.92 Å². The number of anilines is 1. The van der Waals surface area contributed by atoms with Crippen molar-refractivity contribution in [2.45, 2.75) is 20.3 Å². The summed E-state index contributed by atoms with van der Waals surface area (Å²) in [5, 5.41) is 8.96. The molecule has 0 radical (unpaired) electrons. The van der Waals surface area contributed by atoms with Crippen molar-refractivity contribution in [3.8, 4) is 0 Å². The fraction of sp³-hybridized carbons (Fsp3) is 0.417. The molecule has 19 heavy (non-hydrogen) atoms. The smallest absolute Gasteiger partial charge is 0.336 e. The Labute approximate surface area is 121 Å². The standard InChI is InChI=1S/C12H16BrNO4S/c1-8(2)5-6-19(17,18)14-9-3-4-11(13)10(7-9)12(15)16/h3-4,7-8,14H,5-6H2,1-2H3,(H,15,16). The predicted molar refractivity (Wildman–Crippen MR) is 78.0 cm³/mol. The van der Waals surface area contributed by atoms with E-state index in [9.17, 15) is 13.2 Å². The minimum atomic E-state index is -3.44. The highest BCUT2D eigenvalue weighted by Gasteiger charge is 2.14. The SMILES string of the molecule is CC(C)CCS(=O)(=O)Nc1ccc(Br)c(C(=O)O)c1. The molecule has 0 fully saturated rings. The average molecular weight is 350 g/mol. The van der Waals surface area contributed by atoms with Crippen molar-refractivity contribution in [2.75, 3.05) is 10.5 Å². The van der Waals surface area contributed by atoms with Crippen molar-refractivity contribution in [3.05, 3.63) is 28.2 Å². The van der Waals surface area contributed by atoms with Crippen molar-refractivity contribution >= 4 is 37.6 Å². The van der Waals surface area contributed by atoms with Crippen LogP contribution in [0.2, 0.25) is 0 Å². The highest BCUT2D eigenvalue weighted by Crippen LogP contribution is 2.22. The number of rotatable bonds is 6. The number of carbonyl (C=O) groups is 1. The minimum absolute atomic E-state index is 0.0170. The van der Waals surface area contributed by atoms with Crippen LogP contribution >= 0.6 is 15.9 Å². The topological polar surface area (TPSA) is 83.5 Å². The third kappa shape index (κ3) is 5.20. The van der Waals surface area contributed by atoms with E-state index in [4.69, 9.17) is 5.11 Å². The summed E-state index contributed by atoms with van der Waals surface area (Å²) >= 11 is 3.10. The van der Waals surface area contributed by atoms with Crippen LogP contribution in [0.25, 0.3) is 0 Å². The van der Waals surface area contributed by atoms with Crippen molar-refractivity contribution in [1.82, 2.24) is 0 Å². The molecule has 5 nitrogen and oxygen atoms in total. The summed E-state index contributed by atoms with van der Waals surface area (Å²) in [5.41, 5.74) is 0.272. The Morgan fingerprint density at radius 1 is 1.42 bits per heavy atom. The number of carboxylic acids is 1. The van der Waals surface area contributed by atoms with E-state index in [1.807, 2.05) is 13.8 Å². The first-order valence-corrected chi connectivity index (χ1v) is 8.19. The number of aromatic carboxylic acids is 1. The molecule has 0 unspecified atom stereocenters. The Balaban J connectivity index is 2.88.